The van der Waals surface area contributed by atoms with Gasteiger partial charge in [-0.1, -0.05) is 76.6 Å². The average molecular weight is 657 g/mol. The van der Waals surface area contributed by atoms with E-state index in [9.17, 15) is 24.0 Å². The van der Waals surface area contributed by atoms with E-state index in [-0.39, 0.29) is 31.2 Å². The second-order valence-electron chi connectivity index (χ2n) is 13.2. The van der Waals surface area contributed by atoms with Crippen molar-refractivity contribution in [3.63, 3.8) is 0 Å². The van der Waals surface area contributed by atoms with Gasteiger partial charge in [0.15, 0.2) is 11.4 Å². The number of imide groups is 1. The number of nitrogens with two attached hydrogens (primary N) is 3. The summed E-state index contributed by atoms with van der Waals surface area (Å²) in [4.78, 5) is 69.9. The van der Waals surface area contributed by atoms with E-state index >= 15 is 0 Å². The van der Waals surface area contributed by atoms with E-state index in [0.717, 1.165) is 16.0 Å². The Kier molecular flexibility index (Phi) is 14.9. The molecule has 0 saturated carbocycles. The van der Waals surface area contributed by atoms with Crippen molar-refractivity contribution >= 4 is 29.5 Å². The number of Topliss-reactive ketones (excluding diaryl/α,β-unsaturated/α-hetero) is 1. The third kappa shape index (κ3) is 9.56. The van der Waals surface area contributed by atoms with Gasteiger partial charge in [0.1, 0.15) is 6.04 Å². The second kappa shape index (κ2) is 17.6. The number of esters is 1. The van der Waals surface area contributed by atoms with Crippen LogP contribution in [0, 0.1) is 23.7 Å². The van der Waals surface area contributed by atoms with Gasteiger partial charge in [0, 0.05) is 26.1 Å². The van der Waals surface area contributed by atoms with Gasteiger partial charge in [0.25, 0.3) is 5.91 Å². The molecule has 0 radical (unpaired) electrons. The number of ether oxygens (including phenoxy) is 1. The van der Waals surface area contributed by atoms with Crippen molar-refractivity contribution in [2.24, 2.45) is 40.9 Å². The maximum absolute atomic E-state index is 14.7. The van der Waals surface area contributed by atoms with Crippen LogP contribution in [0.2, 0.25) is 0 Å². The van der Waals surface area contributed by atoms with Gasteiger partial charge in [0.05, 0.1) is 25.1 Å². The van der Waals surface area contributed by atoms with Gasteiger partial charge >= 0.3 is 5.97 Å². The minimum atomic E-state index is -1.69. The molecule has 3 amide bonds. The van der Waals surface area contributed by atoms with E-state index < -0.39 is 65.2 Å². The average Bonchev–Trinajstić information content (AvgIpc) is 3.25. The minimum Gasteiger partial charge on any atom is -0.467 e. The number of ketones is 1. The molecule has 7 N–H and O–H groups in total. The Morgan fingerprint density at radius 1 is 1.06 bits per heavy atom. The zero-order valence-corrected chi connectivity index (χ0v) is 29.3. The molecular formula is C35H56N6O6. The maximum atomic E-state index is 14.7. The first-order valence-corrected chi connectivity index (χ1v) is 16.6. The first-order chi connectivity index (χ1) is 22.0. The molecule has 1 aromatic carbocycles. The predicted molar refractivity (Wildman–Crippen MR) is 181 cm³/mol. The standard InChI is InChI=1S/C35H56N6O6/c1-9-29(42)41(30(21(2)3)33(45)47-8)34(46)35(38,22(4)5)40-16-15-27(18-26(20-40)17-25-13-11-10-12-14-25)28(19-36)31(43)24(7)39-32(44)23(6)37/h10-14,18,21-24,26,28,30H,9,15-17,19-20,36-38H2,1-8H3,(H,39,44)/t23-,24-,26?,28?,30-,35+/m0/s1. The molecule has 0 bridgehead atoms. The predicted octanol–water partition coefficient (Wildman–Crippen LogP) is 1.75. The number of benzene rings is 1. The number of carbonyl (C=O) groups excluding carboxylic acids is 5. The van der Waals surface area contributed by atoms with Crippen molar-refractivity contribution in [1.29, 1.82) is 0 Å². The molecule has 2 unspecified atom stereocenters. The molecule has 6 atom stereocenters. The number of nitrogens with one attached hydrogen (secondary N) is 1. The number of methoxy groups -OCH3 is 1. The molecule has 0 saturated heterocycles. The molecule has 1 aliphatic rings. The molecule has 47 heavy (non-hydrogen) atoms. The summed E-state index contributed by atoms with van der Waals surface area (Å²) < 4.78 is 5.03. The smallest absolute Gasteiger partial charge is 0.329 e. The first-order valence-electron chi connectivity index (χ1n) is 16.6. The molecule has 0 fully saturated rings. The fraction of sp³-hybridized carbons (Fsp3) is 0.629. The number of rotatable bonds is 15. The van der Waals surface area contributed by atoms with E-state index in [1.165, 1.54) is 7.11 Å². The van der Waals surface area contributed by atoms with Crippen LogP contribution in [-0.2, 0) is 35.1 Å². The molecule has 2 rings (SSSR count). The Labute approximate surface area is 279 Å². The summed E-state index contributed by atoms with van der Waals surface area (Å²) in [5.74, 6) is -4.38. The zero-order chi connectivity index (χ0) is 35.6. The van der Waals surface area contributed by atoms with Crippen molar-refractivity contribution in [2.45, 2.75) is 91.5 Å². The third-order valence-electron chi connectivity index (χ3n) is 9.03. The van der Waals surface area contributed by atoms with Crippen LogP contribution in [0.5, 0.6) is 0 Å². The number of hydrogen-bond acceptors (Lipinski definition) is 10. The van der Waals surface area contributed by atoms with E-state index in [4.69, 9.17) is 21.9 Å². The highest BCUT2D eigenvalue weighted by atomic mass is 16.5. The zero-order valence-electron chi connectivity index (χ0n) is 29.3. The van der Waals surface area contributed by atoms with Crippen molar-refractivity contribution in [1.82, 2.24) is 15.1 Å². The van der Waals surface area contributed by atoms with Gasteiger partial charge in [-0.3, -0.25) is 29.0 Å². The molecule has 1 aliphatic heterocycles. The van der Waals surface area contributed by atoms with Crippen LogP contribution in [0.3, 0.4) is 0 Å². The Bertz CT molecular complexity index is 1280. The van der Waals surface area contributed by atoms with Gasteiger partial charge in [-0.05, 0) is 50.0 Å². The molecular weight excluding hydrogens is 600 g/mol. The van der Waals surface area contributed by atoms with Crippen molar-refractivity contribution in [3.05, 3.63) is 47.5 Å². The molecule has 0 aromatic heterocycles. The lowest BCUT2D eigenvalue weighted by molar-refractivity contribution is -0.169. The van der Waals surface area contributed by atoms with E-state index in [2.05, 4.69) is 5.32 Å². The Balaban J connectivity index is 2.62. The van der Waals surface area contributed by atoms with Gasteiger partial charge < -0.3 is 27.3 Å². The summed E-state index contributed by atoms with van der Waals surface area (Å²) in [5, 5.41) is 2.68. The Morgan fingerprint density at radius 2 is 1.68 bits per heavy atom. The highest BCUT2D eigenvalue weighted by Crippen LogP contribution is 2.32. The molecule has 262 valence electrons. The van der Waals surface area contributed by atoms with Crippen molar-refractivity contribution in [2.75, 3.05) is 26.7 Å². The van der Waals surface area contributed by atoms with Crippen LogP contribution in [0.4, 0.5) is 0 Å². The van der Waals surface area contributed by atoms with Gasteiger partial charge in [0.2, 0.25) is 11.8 Å². The van der Waals surface area contributed by atoms with Crippen LogP contribution in [0.25, 0.3) is 0 Å². The summed E-state index contributed by atoms with van der Waals surface area (Å²) in [6, 6.07) is 7.09. The van der Waals surface area contributed by atoms with E-state index in [1.807, 2.05) is 55.2 Å². The lowest BCUT2D eigenvalue weighted by Gasteiger charge is -2.46. The van der Waals surface area contributed by atoms with E-state index in [1.54, 1.807) is 34.6 Å². The van der Waals surface area contributed by atoms with Gasteiger partial charge in [-0.25, -0.2) is 4.79 Å². The van der Waals surface area contributed by atoms with E-state index in [0.29, 0.717) is 19.4 Å². The number of hydrogen-bond donors (Lipinski definition) is 4. The van der Waals surface area contributed by atoms with Gasteiger partial charge in [-0.15, -0.1) is 0 Å². The normalized spacial score (nSPS) is 19.4. The molecule has 12 nitrogen and oxygen atoms in total. The fourth-order valence-corrected chi connectivity index (χ4v) is 6.21. The summed E-state index contributed by atoms with van der Waals surface area (Å²) in [6.45, 7) is 12.5. The Hall–Kier alpha value is -3.45. The molecule has 12 heteroatoms. The SMILES string of the molecule is CCC(=O)N(C(=O)[C@@](N)(C(C)C)N1CCC(C(CN)C(=O)[C@H](C)NC(=O)[C@H](C)N)=CC(Cc2ccccc2)C1)[C@H](C(=O)OC)C(C)C. The van der Waals surface area contributed by atoms with Gasteiger partial charge in [-0.2, -0.15) is 0 Å². The summed E-state index contributed by atoms with van der Waals surface area (Å²) >= 11 is 0. The topological polar surface area (TPSA) is 191 Å². The summed E-state index contributed by atoms with van der Waals surface area (Å²) in [5.41, 5.74) is 19.2. The molecule has 0 aliphatic carbocycles. The number of carbonyl (C=O) groups is 5. The lowest BCUT2D eigenvalue weighted by atomic mass is 9.86. The number of nitrogens with zero attached hydrogens (tertiary/aromatic N) is 2. The maximum Gasteiger partial charge on any atom is 0.329 e. The van der Waals surface area contributed by atoms with Crippen molar-refractivity contribution < 1.29 is 28.7 Å². The quantitative estimate of drug-likeness (QED) is 0.160. The Morgan fingerprint density at radius 3 is 2.17 bits per heavy atom. The summed E-state index contributed by atoms with van der Waals surface area (Å²) in [6.07, 6.45) is 2.98. The number of amides is 3. The second-order valence-corrected chi connectivity index (χ2v) is 13.2. The first kappa shape index (κ1) is 39.7. The molecule has 1 aromatic rings. The highest BCUT2D eigenvalue weighted by molar-refractivity contribution is 6.03. The van der Waals surface area contributed by atoms with Crippen molar-refractivity contribution in [3.8, 4) is 0 Å². The van der Waals surface area contributed by atoms with Crippen LogP contribution >= 0.6 is 0 Å². The van der Waals surface area contributed by atoms with Crippen LogP contribution < -0.4 is 22.5 Å². The largest absolute Gasteiger partial charge is 0.467 e. The lowest BCUT2D eigenvalue weighted by Crippen LogP contribution is -2.71. The van der Waals surface area contributed by atoms with Crippen LogP contribution in [0.1, 0.15) is 66.9 Å². The molecule has 1 heterocycles. The monoisotopic (exact) mass is 656 g/mol. The highest BCUT2D eigenvalue weighted by Gasteiger charge is 2.51. The summed E-state index contributed by atoms with van der Waals surface area (Å²) in [7, 11) is 1.23. The van der Waals surface area contributed by atoms with Crippen LogP contribution in [-0.4, -0.2) is 89.8 Å². The molecule has 0 spiro atoms. The fourth-order valence-electron chi connectivity index (χ4n) is 6.21. The van der Waals surface area contributed by atoms with Crippen LogP contribution in [0.15, 0.2) is 42.0 Å². The minimum absolute atomic E-state index is 0.0135. The third-order valence-corrected chi connectivity index (χ3v) is 9.03.